The van der Waals surface area contributed by atoms with Crippen molar-refractivity contribution in [1.29, 1.82) is 0 Å². The molecule has 1 aromatic heterocycles. The van der Waals surface area contributed by atoms with Gasteiger partial charge >= 0.3 is 0 Å². The predicted molar refractivity (Wildman–Crippen MR) is 114 cm³/mol. The molecule has 0 unspecified atom stereocenters. The average molecular weight is 430 g/mol. The fourth-order valence-corrected chi connectivity index (χ4v) is 4.71. The Hall–Kier alpha value is -2.64. The van der Waals surface area contributed by atoms with Gasteiger partial charge in [-0.1, -0.05) is 29.3 Å². The number of aryl methyl sites for hydroxylation is 2. The van der Waals surface area contributed by atoms with Crippen LogP contribution >= 0.6 is 11.6 Å². The molecule has 0 aliphatic carbocycles. The van der Waals surface area contributed by atoms with Crippen molar-refractivity contribution in [1.82, 2.24) is 9.78 Å². The van der Waals surface area contributed by atoms with E-state index in [2.05, 4.69) is 16.5 Å². The number of carbonyl (C=O) groups excluding carboxylic acids is 1. The van der Waals surface area contributed by atoms with Crippen LogP contribution in [0.4, 0.5) is 5.82 Å². The van der Waals surface area contributed by atoms with Crippen LogP contribution in [0.15, 0.2) is 42.5 Å². The lowest BCUT2D eigenvalue weighted by atomic mass is 10.1. The first-order valence-corrected chi connectivity index (χ1v) is 11.0. The summed E-state index contributed by atoms with van der Waals surface area (Å²) in [7, 11) is -0.994. The van der Waals surface area contributed by atoms with Gasteiger partial charge in [-0.2, -0.15) is 5.10 Å². The molecule has 0 saturated carbocycles. The van der Waals surface area contributed by atoms with Crippen LogP contribution in [0.1, 0.15) is 22.4 Å². The number of aromatic nitrogens is 2. The van der Waals surface area contributed by atoms with Crippen LogP contribution in [0.2, 0.25) is 5.02 Å². The number of fused-ring (bicyclic) bond motifs is 1. The van der Waals surface area contributed by atoms with E-state index in [-0.39, 0.29) is 12.5 Å². The Balaban J connectivity index is 1.59. The number of anilines is 1. The summed E-state index contributed by atoms with van der Waals surface area (Å²) >= 11 is 5.86. The summed E-state index contributed by atoms with van der Waals surface area (Å²) in [6, 6.07) is 12.9. The van der Waals surface area contributed by atoms with E-state index in [0.29, 0.717) is 28.1 Å². The Kier molecular flexibility index (Phi) is 5.43. The normalized spacial score (nSPS) is 15.2. The fraction of sp³-hybridized carbons (Fsp3) is 0.238. The molecule has 1 atom stereocenters. The topological polar surface area (TPSA) is 73.2 Å². The van der Waals surface area contributed by atoms with E-state index in [0.717, 1.165) is 28.1 Å². The highest BCUT2D eigenvalue weighted by molar-refractivity contribution is 7.83. The first-order valence-electron chi connectivity index (χ1n) is 9.12. The molecule has 29 heavy (non-hydrogen) atoms. The van der Waals surface area contributed by atoms with Crippen LogP contribution in [0.3, 0.4) is 0 Å². The summed E-state index contributed by atoms with van der Waals surface area (Å²) in [5.41, 5.74) is 4.65. The van der Waals surface area contributed by atoms with Crippen molar-refractivity contribution >= 4 is 34.1 Å². The second kappa shape index (κ2) is 8.00. The molecule has 4 rings (SSSR count). The molecule has 150 valence electrons. The summed E-state index contributed by atoms with van der Waals surface area (Å²) < 4.78 is 19.3. The third kappa shape index (κ3) is 4.21. The summed E-state index contributed by atoms with van der Waals surface area (Å²) in [6.45, 7) is 3.87. The molecular weight excluding hydrogens is 410 g/mol. The Morgan fingerprint density at radius 1 is 1.21 bits per heavy atom. The smallest absolute Gasteiger partial charge is 0.263 e. The van der Waals surface area contributed by atoms with Gasteiger partial charge in [0.05, 0.1) is 22.9 Å². The van der Waals surface area contributed by atoms with Gasteiger partial charge in [0, 0.05) is 21.4 Å². The van der Waals surface area contributed by atoms with E-state index >= 15 is 0 Å². The number of ether oxygens (including phenoxy) is 1. The van der Waals surface area contributed by atoms with Crippen molar-refractivity contribution in [3.8, 4) is 11.4 Å². The molecule has 2 aromatic carbocycles. The van der Waals surface area contributed by atoms with Gasteiger partial charge in [-0.25, -0.2) is 4.68 Å². The molecule has 6 nitrogen and oxygen atoms in total. The number of amides is 1. The van der Waals surface area contributed by atoms with Crippen LogP contribution in [-0.4, -0.2) is 26.5 Å². The third-order valence-electron chi connectivity index (χ3n) is 4.69. The van der Waals surface area contributed by atoms with Crippen molar-refractivity contribution in [2.24, 2.45) is 0 Å². The number of rotatable bonds is 5. The minimum atomic E-state index is -0.994. The molecule has 0 saturated heterocycles. The van der Waals surface area contributed by atoms with Crippen LogP contribution in [0.5, 0.6) is 5.75 Å². The Labute approximate surface area is 176 Å². The van der Waals surface area contributed by atoms with Crippen LogP contribution in [0, 0.1) is 13.8 Å². The third-order valence-corrected chi connectivity index (χ3v) is 6.15. The average Bonchev–Trinajstić information content (AvgIpc) is 3.18. The van der Waals surface area contributed by atoms with E-state index < -0.39 is 10.8 Å². The lowest BCUT2D eigenvalue weighted by molar-refractivity contribution is -0.118. The van der Waals surface area contributed by atoms with Crippen LogP contribution < -0.4 is 10.1 Å². The van der Waals surface area contributed by atoms with Gasteiger partial charge < -0.3 is 10.1 Å². The molecular formula is C21H20ClN3O3S. The number of nitrogens with zero attached hydrogens (tertiary/aromatic N) is 2. The zero-order valence-corrected chi connectivity index (χ0v) is 17.6. The molecule has 0 radical (unpaired) electrons. The summed E-state index contributed by atoms with van der Waals surface area (Å²) in [5.74, 6) is 1.58. The molecule has 1 aliphatic heterocycles. The maximum Gasteiger partial charge on any atom is 0.263 e. The largest absolute Gasteiger partial charge is 0.484 e. The molecule has 1 aliphatic rings. The Morgan fingerprint density at radius 2 is 1.97 bits per heavy atom. The molecule has 0 fully saturated rings. The number of nitrogens with one attached hydrogen (secondary N) is 1. The van der Waals surface area contributed by atoms with Crippen LogP contribution in [-0.2, 0) is 27.1 Å². The standard InChI is InChI=1S/C21H20ClN3O3S/c1-13-3-8-19(14(2)9-13)25-21(17-11-29(27)12-18(17)24-25)23-20(26)10-28-16-6-4-15(22)5-7-16/h3-9H,10-12H2,1-2H3,(H,23,26)/t29-/m0/s1. The summed E-state index contributed by atoms with van der Waals surface area (Å²) in [4.78, 5) is 12.6. The van der Waals surface area contributed by atoms with E-state index in [9.17, 15) is 9.00 Å². The summed E-state index contributed by atoms with van der Waals surface area (Å²) in [6.07, 6.45) is 0. The van der Waals surface area contributed by atoms with Crippen molar-refractivity contribution in [3.05, 3.63) is 69.9 Å². The zero-order valence-electron chi connectivity index (χ0n) is 16.1. The van der Waals surface area contributed by atoms with Crippen molar-refractivity contribution in [2.75, 3.05) is 11.9 Å². The fourth-order valence-electron chi connectivity index (χ4n) is 3.32. The number of carbonyl (C=O) groups is 1. The lowest BCUT2D eigenvalue weighted by Gasteiger charge is -2.14. The summed E-state index contributed by atoms with van der Waals surface area (Å²) in [5, 5.41) is 8.15. The van der Waals surface area contributed by atoms with Gasteiger partial charge in [-0.15, -0.1) is 0 Å². The molecule has 0 spiro atoms. The van der Waals surface area contributed by atoms with Gasteiger partial charge in [0.25, 0.3) is 5.91 Å². The second-order valence-electron chi connectivity index (χ2n) is 6.99. The highest BCUT2D eigenvalue weighted by Gasteiger charge is 2.28. The van der Waals surface area contributed by atoms with Gasteiger partial charge in [0.2, 0.25) is 0 Å². The molecule has 3 aromatic rings. The first-order chi connectivity index (χ1) is 13.9. The second-order valence-corrected chi connectivity index (χ2v) is 8.89. The van der Waals surface area contributed by atoms with Gasteiger partial charge in [0.1, 0.15) is 11.6 Å². The molecule has 0 bridgehead atoms. The number of halogens is 1. The van der Waals surface area contributed by atoms with Crippen molar-refractivity contribution < 1.29 is 13.7 Å². The highest BCUT2D eigenvalue weighted by Crippen LogP contribution is 2.32. The Bertz CT molecular complexity index is 1110. The first kappa shape index (κ1) is 19.7. The van der Waals surface area contributed by atoms with E-state index in [1.165, 1.54) is 0 Å². The Morgan fingerprint density at radius 3 is 2.69 bits per heavy atom. The number of benzene rings is 2. The van der Waals surface area contributed by atoms with Crippen molar-refractivity contribution in [3.63, 3.8) is 0 Å². The monoisotopic (exact) mass is 429 g/mol. The molecule has 2 heterocycles. The maximum atomic E-state index is 12.6. The van der Waals surface area contributed by atoms with E-state index in [1.807, 2.05) is 26.0 Å². The van der Waals surface area contributed by atoms with Gasteiger partial charge in [-0.05, 0) is 49.7 Å². The number of hydrogen-bond donors (Lipinski definition) is 1. The van der Waals surface area contributed by atoms with Gasteiger partial charge in [-0.3, -0.25) is 9.00 Å². The molecule has 1 N–H and O–H groups in total. The minimum Gasteiger partial charge on any atom is -0.484 e. The minimum absolute atomic E-state index is 0.155. The quantitative estimate of drug-likeness (QED) is 0.667. The van der Waals surface area contributed by atoms with Gasteiger partial charge in [0.15, 0.2) is 6.61 Å². The molecule has 8 heteroatoms. The molecule has 1 amide bonds. The maximum absolute atomic E-state index is 12.6. The predicted octanol–water partition coefficient (Wildman–Crippen LogP) is 3.92. The van der Waals surface area contributed by atoms with E-state index in [1.54, 1.807) is 28.9 Å². The SMILES string of the molecule is Cc1ccc(-n2nc3c(c2NC(=O)COc2ccc(Cl)cc2)C[S@](=O)C3)c(C)c1. The highest BCUT2D eigenvalue weighted by atomic mass is 35.5. The zero-order chi connectivity index (χ0) is 20.5. The van der Waals surface area contributed by atoms with Crippen LogP contribution in [0.25, 0.3) is 5.69 Å². The van der Waals surface area contributed by atoms with Crippen molar-refractivity contribution in [2.45, 2.75) is 25.4 Å². The van der Waals surface area contributed by atoms with E-state index in [4.69, 9.17) is 16.3 Å². The lowest BCUT2D eigenvalue weighted by Crippen LogP contribution is -2.23. The number of hydrogen-bond acceptors (Lipinski definition) is 4.